The van der Waals surface area contributed by atoms with Crippen LogP contribution >= 0.6 is 0 Å². The van der Waals surface area contributed by atoms with Crippen LogP contribution in [-0.2, 0) is 0 Å². The summed E-state index contributed by atoms with van der Waals surface area (Å²) in [4.78, 5) is 5.15. The first kappa shape index (κ1) is 28.3. The summed E-state index contributed by atoms with van der Waals surface area (Å²) in [6, 6.07) is 64.3. The van der Waals surface area contributed by atoms with Gasteiger partial charge in [-0.25, -0.2) is 4.98 Å². The van der Waals surface area contributed by atoms with E-state index in [1.807, 2.05) is 24.3 Å². The first-order valence-electron chi connectivity index (χ1n) is 17.0. The van der Waals surface area contributed by atoms with Crippen LogP contribution < -0.4 is 4.74 Å². The van der Waals surface area contributed by atoms with Crippen molar-refractivity contribution < 1.29 is 4.74 Å². The lowest BCUT2D eigenvalue weighted by atomic mass is 9.90. The first-order valence-corrected chi connectivity index (χ1v) is 17.0. The molecular formula is C47H30N2O. The largest absolute Gasteiger partial charge is 0.456 e. The Kier molecular flexibility index (Phi) is 6.49. The fourth-order valence-electron chi connectivity index (χ4n) is 7.41. The highest BCUT2D eigenvalue weighted by molar-refractivity contribution is 6.09. The molecule has 2 heterocycles. The van der Waals surface area contributed by atoms with Crippen molar-refractivity contribution in [1.82, 2.24) is 9.55 Å². The van der Waals surface area contributed by atoms with Crippen molar-refractivity contribution in [3.8, 4) is 73.1 Å². The molecule has 0 aliphatic carbocycles. The zero-order chi connectivity index (χ0) is 33.0. The Hall–Kier alpha value is -6.71. The van der Waals surface area contributed by atoms with Crippen molar-refractivity contribution >= 4 is 21.8 Å². The van der Waals surface area contributed by atoms with E-state index in [2.05, 4.69) is 162 Å². The van der Waals surface area contributed by atoms with E-state index in [4.69, 9.17) is 9.72 Å². The highest BCUT2D eigenvalue weighted by Crippen LogP contribution is 2.48. The highest BCUT2D eigenvalue weighted by atomic mass is 16.5. The van der Waals surface area contributed by atoms with Gasteiger partial charge in [-0.05, 0) is 80.7 Å². The van der Waals surface area contributed by atoms with Crippen LogP contribution in [0.3, 0.4) is 0 Å². The van der Waals surface area contributed by atoms with Crippen LogP contribution in [0.5, 0.6) is 11.5 Å². The molecule has 1 aromatic heterocycles. The molecule has 0 saturated heterocycles. The molecule has 0 bridgehead atoms. The van der Waals surface area contributed by atoms with Gasteiger partial charge in [-0.2, -0.15) is 0 Å². The number of imidazole rings is 1. The van der Waals surface area contributed by atoms with E-state index >= 15 is 0 Å². The first-order chi connectivity index (χ1) is 24.8. The number of hydrogen-bond acceptors (Lipinski definition) is 2. The summed E-state index contributed by atoms with van der Waals surface area (Å²) < 4.78 is 8.57. The summed E-state index contributed by atoms with van der Waals surface area (Å²) in [5.74, 6) is 2.76. The van der Waals surface area contributed by atoms with Gasteiger partial charge in [0.1, 0.15) is 17.3 Å². The number of para-hydroxylation sites is 2. The van der Waals surface area contributed by atoms with Crippen molar-refractivity contribution in [1.29, 1.82) is 0 Å². The van der Waals surface area contributed by atoms with Crippen LogP contribution in [0.25, 0.3) is 83.4 Å². The Morgan fingerprint density at radius 1 is 0.400 bits per heavy atom. The SMILES string of the molecule is c1ccc(-c2nc3cc(-c4ccc(-c5ccc(-c6ccc7c8c(cccc68)-c6ccccc6O7)cc5)cc4)ccc3n2-c2ccccc2)cc1. The van der Waals surface area contributed by atoms with Crippen LogP contribution in [0.4, 0.5) is 0 Å². The van der Waals surface area contributed by atoms with Gasteiger partial charge in [0.05, 0.1) is 11.0 Å². The minimum absolute atomic E-state index is 0.909. The van der Waals surface area contributed by atoms with Crippen molar-refractivity contribution in [2.45, 2.75) is 0 Å². The second-order valence-corrected chi connectivity index (χ2v) is 12.8. The molecule has 0 atom stereocenters. The molecule has 0 saturated carbocycles. The third kappa shape index (κ3) is 4.63. The maximum absolute atomic E-state index is 6.32. The lowest BCUT2D eigenvalue weighted by molar-refractivity contribution is 0.487. The second-order valence-electron chi connectivity index (χ2n) is 12.8. The molecule has 50 heavy (non-hydrogen) atoms. The fraction of sp³-hybridized carbons (Fsp3) is 0. The number of hydrogen-bond donors (Lipinski definition) is 0. The number of benzene rings is 8. The molecule has 0 fully saturated rings. The van der Waals surface area contributed by atoms with Gasteiger partial charge in [0.15, 0.2) is 0 Å². The van der Waals surface area contributed by atoms with E-state index in [0.29, 0.717) is 0 Å². The Morgan fingerprint density at radius 3 is 1.78 bits per heavy atom. The topological polar surface area (TPSA) is 27.1 Å². The highest BCUT2D eigenvalue weighted by Gasteiger charge is 2.21. The number of aromatic nitrogens is 2. The van der Waals surface area contributed by atoms with Crippen molar-refractivity contribution in [3.05, 3.63) is 182 Å². The Bertz CT molecular complexity index is 2690. The van der Waals surface area contributed by atoms with Gasteiger partial charge in [-0.3, -0.25) is 4.57 Å². The quantitative estimate of drug-likeness (QED) is 0.188. The predicted octanol–water partition coefficient (Wildman–Crippen LogP) is 12.6. The molecule has 0 radical (unpaired) electrons. The molecule has 1 aliphatic rings. The van der Waals surface area contributed by atoms with E-state index in [1.165, 1.54) is 38.6 Å². The number of ether oxygens (including phenoxy) is 1. The molecule has 1 aliphatic heterocycles. The van der Waals surface area contributed by atoms with Crippen LogP contribution in [0.1, 0.15) is 0 Å². The second kappa shape index (κ2) is 11.5. The molecule has 3 nitrogen and oxygen atoms in total. The molecule has 8 aromatic carbocycles. The maximum atomic E-state index is 6.32. The maximum Gasteiger partial charge on any atom is 0.145 e. The normalized spacial score (nSPS) is 11.8. The average molecular weight is 639 g/mol. The molecular weight excluding hydrogens is 609 g/mol. The van der Waals surface area contributed by atoms with Crippen LogP contribution in [0.15, 0.2) is 182 Å². The minimum atomic E-state index is 0.909. The van der Waals surface area contributed by atoms with Gasteiger partial charge in [0, 0.05) is 22.2 Å². The fourth-order valence-corrected chi connectivity index (χ4v) is 7.41. The van der Waals surface area contributed by atoms with E-state index in [1.54, 1.807) is 0 Å². The summed E-state index contributed by atoms with van der Waals surface area (Å²) in [5.41, 5.74) is 13.7. The number of rotatable bonds is 5. The standard InChI is InChI=1S/C47H30N2O/c1-3-10-35(11-4-1)47-48-42-30-36(26-28-43(42)49(47)37-12-5-2-6-13-37)33-20-18-31(19-21-33)32-22-24-34(25-23-32)38-27-29-45-46-40(38)15-9-16-41(46)39-14-7-8-17-44(39)50-45/h1-30H. The molecule has 3 heteroatoms. The molecule has 0 amide bonds. The Balaban J connectivity index is 0.965. The summed E-state index contributed by atoms with van der Waals surface area (Å²) in [7, 11) is 0. The lowest BCUT2D eigenvalue weighted by Gasteiger charge is -2.22. The van der Waals surface area contributed by atoms with Crippen molar-refractivity contribution in [2.75, 3.05) is 0 Å². The zero-order valence-electron chi connectivity index (χ0n) is 27.1. The molecule has 0 N–H and O–H groups in total. The molecule has 10 rings (SSSR count). The Morgan fingerprint density at radius 2 is 1.02 bits per heavy atom. The van der Waals surface area contributed by atoms with Gasteiger partial charge in [0.2, 0.25) is 0 Å². The van der Waals surface area contributed by atoms with Crippen LogP contribution in [0.2, 0.25) is 0 Å². The minimum Gasteiger partial charge on any atom is -0.456 e. The number of fused-ring (bicyclic) bond motifs is 3. The van der Waals surface area contributed by atoms with Gasteiger partial charge in [-0.1, -0.05) is 146 Å². The van der Waals surface area contributed by atoms with E-state index in [0.717, 1.165) is 56.3 Å². The van der Waals surface area contributed by atoms with Crippen molar-refractivity contribution in [3.63, 3.8) is 0 Å². The third-order valence-electron chi connectivity index (χ3n) is 9.85. The summed E-state index contributed by atoms with van der Waals surface area (Å²) >= 11 is 0. The van der Waals surface area contributed by atoms with Crippen LogP contribution in [-0.4, -0.2) is 9.55 Å². The van der Waals surface area contributed by atoms with Crippen LogP contribution in [0, 0.1) is 0 Å². The van der Waals surface area contributed by atoms with Gasteiger partial charge in [-0.15, -0.1) is 0 Å². The van der Waals surface area contributed by atoms with Gasteiger partial charge < -0.3 is 4.74 Å². The average Bonchev–Trinajstić information content (AvgIpc) is 3.58. The summed E-state index contributed by atoms with van der Waals surface area (Å²) in [6.45, 7) is 0. The van der Waals surface area contributed by atoms with E-state index in [9.17, 15) is 0 Å². The monoisotopic (exact) mass is 638 g/mol. The van der Waals surface area contributed by atoms with Gasteiger partial charge in [0.25, 0.3) is 0 Å². The third-order valence-corrected chi connectivity index (χ3v) is 9.85. The Labute approximate surface area is 290 Å². The predicted molar refractivity (Wildman–Crippen MR) is 206 cm³/mol. The molecule has 0 unspecified atom stereocenters. The smallest absolute Gasteiger partial charge is 0.145 e. The van der Waals surface area contributed by atoms with Gasteiger partial charge >= 0.3 is 0 Å². The molecule has 9 aromatic rings. The molecule has 0 spiro atoms. The lowest BCUT2D eigenvalue weighted by Crippen LogP contribution is -1.97. The van der Waals surface area contributed by atoms with E-state index in [-0.39, 0.29) is 0 Å². The number of nitrogens with zero attached hydrogens (tertiary/aromatic N) is 2. The summed E-state index contributed by atoms with van der Waals surface area (Å²) in [5, 5.41) is 2.37. The molecule has 234 valence electrons. The van der Waals surface area contributed by atoms with E-state index < -0.39 is 0 Å². The summed E-state index contributed by atoms with van der Waals surface area (Å²) in [6.07, 6.45) is 0. The zero-order valence-corrected chi connectivity index (χ0v) is 27.1. The van der Waals surface area contributed by atoms with Crippen molar-refractivity contribution in [2.24, 2.45) is 0 Å².